The van der Waals surface area contributed by atoms with E-state index in [-0.39, 0.29) is 31.1 Å². The Hall–Kier alpha value is -4.74. The van der Waals surface area contributed by atoms with Crippen LogP contribution in [0.3, 0.4) is 0 Å². The van der Waals surface area contributed by atoms with Crippen molar-refractivity contribution in [3.05, 3.63) is 76.7 Å². The average molecular weight is 569 g/mol. The van der Waals surface area contributed by atoms with Crippen molar-refractivity contribution < 1.29 is 33.8 Å². The predicted molar refractivity (Wildman–Crippen MR) is 151 cm³/mol. The summed E-state index contributed by atoms with van der Waals surface area (Å²) in [6.45, 7) is 4.93. The summed E-state index contributed by atoms with van der Waals surface area (Å²) in [6, 6.07) is 8.89. The SMILES string of the molecule is CCOC(=O)/C=C/CC[C@H](NC(=O)c1ccccc1)C(=O)Nc1cccn(CC(=O)NC(C(=O)O)C(C)CC)c1=O. The van der Waals surface area contributed by atoms with Gasteiger partial charge >= 0.3 is 11.9 Å². The average Bonchev–Trinajstić information content (AvgIpc) is 2.95. The zero-order chi connectivity index (χ0) is 30.4. The van der Waals surface area contributed by atoms with Crippen LogP contribution in [0.2, 0.25) is 0 Å². The number of nitrogens with one attached hydrogen (secondary N) is 3. The number of carbonyl (C=O) groups is 5. The molecular formula is C29H36N4O8. The van der Waals surface area contributed by atoms with Gasteiger partial charge in [0.15, 0.2) is 0 Å². The van der Waals surface area contributed by atoms with Gasteiger partial charge < -0.3 is 30.4 Å². The highest BCUT2D eigenvalue weighted by molar-refractivity contribution is 6.01. The van der Waals surface area contributed by atoms with Gasteiger partial charge in [-0.1, -0.05) is 44.5 Å². The first-order valence-electron chi connectivity index (χ1n) is 13.3. The van der Waals surface area contributed by atoms with E-state index in [4.69, 9.17) is 4.74 Å². The largest absolute Gasteiger partial charge is 0.480 e. The van der Waals surface area contributed by atoms with Gasteiger partial charge in [0.1, 0.15) is 24.3 Å². The first-order chi connectivity index (χ1) is 19.6. The maximum atomic E-state index is 13.2. The van der Waals surface area contributed by atoms with Gasteiger partial charge in [0.25, 0.3) is 11.5 Å². The van der Waals surface area contributed by atoms with Crippen molar-refractivity contribution in [1.82, 2.24) is 15.2 Å². The fourth-order valence-electron chi connectivity index (χ4n) is 3.77. The van der Waals surface area contributed by atoms with Gasteiger partial charge in [-0.05, 0) is 49.9 Å². The van der Waals surface area contributed by atoms with Crippen LogP contribution in [0.1, 0.15) is 50.4 Å². The number of aliphatic carboxylic acids is 1. The van der Waals surface area contributed by atoms with E-state index >= 15 is 0 Å². The number of ether oxygens (including phenoxy) is 1. The van der Waals surface area contributed by atoms with Crippen molar-refractivity contribution in [2.75, 3.05) is 11.9 Å². The van der Waals surface area contributed by atoms with Crippen LogP contribution in [-0.4, -0.2) is 58.0 Å². The molecule has 0 aliphatic carbocycles. The number of pyridine rings is 1. The molecule has 1 heterocycles. The molecular weight excluding hydrogens is 532 g/mol. The van der Waals surface area contributed by atoms with Crippen LogP contribution in [0.15, 0.2) is 65.6 Å². The quantitative estimate of drug-likeness (QED) is 0.187. The van der Waals surface area contributed by atoms with Gasteiger partial charge in [0.2, 0.25) is 11.8 Å². The van der Waals surface area contributed by atoms with Gasteiger partial charge in [-0.15, -0.1) is 0 Å². The second-order valence-electron chi connectivity index (χ2n) is 9.24. The zero-order valence-corrected chi connectivity index (χ0v) is 23.3. The zero-order valence-electron chi connectivity index (χ0n) is 23.3. The molecule has 0 radical (unpaired) electrons. The van der Waals surface area contributed by atoms with E-state index in [0.717, 1.165) is 4.57 Å². The lowest BCUT2D eigenvalue weighted by atomic mass is 9.99. The summed E-state index contributed by atoms with van der Waals surface area (Å²) >= 11 is 0. The summed E-state index contributed by atoms with van der Waals surface area (Å²) in [5.74, 6) is -3.90. The molecule has 12 heteroatoms. The van der Waals surface area contributed by atoms with Gasteiger partial charge in [-0.3, -0.25) is 19.2 Å². The summed E-state index contributed by atoms with van der Waals surface area (Å²) in [5.41, 5.74) is -0.498. The van der Waals surface area contributed by atoms with Crippen molar-refractivity contribution >= 4 is 35.3 Å². The van der Waals surface area contributed by atoms with Crippen LogP contribution in [0.25, 0.3) is 0 Å². The van der Waals surface area contributed by atoms with Gasteiger partial charge in [0.05, 0.1) is 6.61 Å². The molecule has 12 nitrogen and oxygen atoms in total. The topological polar surface area (TPSA) is 173 Å². The third-order valence-electron chi connectivity index (χ3n) is 6.21. The molecule has 2 unspecified atom stereocenters. The fourth-order valence-corrected chi connectivity index (χ4v) is 3.77. The maximum absolute atomic E-state index is 13.2. The van der Waals surface area contributed by atoms with Crippen LogP contribution >= 0.6 is 0 Å². The molecule has 3 amide bonds. The number of amides is 3. The first kappa shape index (κ1) is 32.5. The number of carboxylic acids is 1. The fraction of sp³-hybridized carbons (Fsp3) is 0.379. The van der Waals surface area contributed by atoms with Crippen LogP contribution < -0.4 is 21.5 Å². The highest BCUT2D eigenvalue weighted by atomic mass is 16.5. The van der Waals surface area contributed by atoms with E-state index in [0.29, 0.717) is 12.0 Å². The third kappa shape index (κ3) is 10.4. The van der Waals surface area contributed by atoms with Gasteiger partial charge in [0, 0.05) is 17.8 Å². The van der Waals surface area contributed by atoms with Crippen molar-refractivity contribution in [2.45, 2.75) is 58.7 Å². The van der Waals surface area contributed by atoms with E-state index in [2.05, 4.69) is 16.0 Å². The second-order valence-corrected chi connectivity index (χ2v) is 9.24. The number of hydrogen-bond acceptors (Lipinski definition) is 7. The highest BCUT2D eigenvalue weighted by Gasteiger charge is 2.26. The minimum Gasteiger partial charge on any atom is -0.480 e. The van der Waals surface area contributed by atoms with E-state index in [9.17, 15) is 33.9 Å². The standard InChI is InChI=1S/C29H36N4O8/c1-4-19(3)25(29(39)40)32-23(34)18-33-17-11-15-22(28(33)38)31-27(37)21(14-9-10-16-24(35)41-5-2)30-26(36)20-12-7-6-8-13-20/h6-8,10-13,15-17,19,21,25H,4-5,9,14,18H2,1-3H3,(H,30,36)(H,31,37)(H,32,34)(H,39,40)/b16-10+/t19?,21-,25?/m0/s1. The number of anilines is 1. The van der Waals surface area contributed by atoms with E-state index in [1.165, 1.54) is 30.5 Å². The Balaban J connectivity index is 2.18. The summed E-state index contributed by atoms with van der Waals surface area (Å²) in [5, 5.41) is 17.0. The van der Waals surface area contributed by atoms with E-state index in [1.807, 2.05) is 0 Å². The van der Waals surface area contributed by atoms with Gasteiger partial charge in [-0.25, -0.2) is 9.59 Å². The van der Waals surface area contributed by atoms with Crippen LogP contribution in [0.4, 0.5) is 5.69 Å². The number of carbonyl (C=O) groups excluding carboxylic acids is 4. The molecule has 1 aromatic heterocycles. The van der Waals surface area contributed by atoms with Crippen LogP contribution in [0.5, 0.6) is 0 Å². The molecule has 0 spiro atoms. The summed E-state index contributed by atoms with van der Waals surface area (Å²) in [6.07, 6.45) is 4.96. The van der Waals surface area contributed by atoms with Crippen molar-refractivity contribution in [3.63, 3.8) is 0 Å². The first-order valence-corrected chi connectivity index (χ1v) is 13.3. The number of nitrogens with zero attached hydrogens (tertiary/aromatic N) is 1. The second kappa shape index (κ2) is 16.4. The molecule has 1 aromatic carbocycles. The number of esters is 1. The molecule has 0 saturated heterocycles. The number of allylic oxidation sites excluding steroid dienone is 1. The predicted octanol–water partition coefficient (Wildman–Crippen LogP) is 2.10. The number of carboxylic acid groups (broad SMARTS) is 1. The molecule has 2 aromatic rings. The Morgan fingerprint density at radius 2 is 1.73 bits per heavy atom. The Kier molecular flexibility index (Phi) is 13.0. The lowest BCUT2D eigenvalue weighted by Gasteiger charge is -2.20. The number of rotatable bonds is 15. The number of hydrogen-bond donors (Lipinski definition) is 4. The lowest BCUT2D eigenvalue weighted by Crippen LogP contribution is -2.47. The summed E-state index contributed by atoms with van der Waals surface area (Å²) in [7, 11) is 0. The smallest absolute Gasteiger partial charge is 0.330 e. The van der Waals surface area contributed by atoms with Crippen molar-refractivity contribution in [2.24, 2.45) is 5.92 Å². The Bertz CT molecular complexity index is 1310. The Labute approximate surface area is 237 Å². The molecule has 0 saturated carbocycles. The Morgan fingerprint density at radius 1 is 1.02 bits per heavy atom. The molecule has 3 atom stereocenters. The Morgan fingerprint density at radius 3 is 2.37 bits per heavy atom. The maximum Gasteiger partial charge on any atom is 0.330 e. The molecule has 41 heavy (non-hydrogen) atoms. The van der Waals surface area contributed by atoms with Crippen molar-refractivity contribution in [1.29, 1.82) is 0 Å². The lowest BCUT2D eigenvalue weighted by molar-refractivity contribution is -0.143. The molecule has 0 aliphatic rings. The van der Waals surface area contributed by atoms with Crippen LogP contribution in [0, 0.1) is 5.92 Å². The number of benzene rings is 1. The van der Waals surface area contributed by atoms with Crippen molar-refractivity contribution in [3.8, 4) is 0 Å². The van der Waals surface area contributed by atoms with E-state index < -0.39 is 53.8 Å². The molecule has 0 fully saturated rings. The minimum atomic E-state index is -1.18. The number of aromatic nitrogens is 1. The third-order valence-corrected chi connectivity index (χ3v) is 6.21. The molecule has 0 bridgehead atoms. The molecule has 2 rings (SSSR count). The normalized spacial score (nSPS) is 13.0. The monoisotopic (exact) mass is 568 g/mol. The van der Waals surface area contributed by atoms with Crippen LogP contribution in [-0.2, 0) is 30.5 Å². The summed E-state index contributed by atoms with van der Waals surface area (Å²) < 4.78 is 5.87. The van der Waals surface area contributed by atoms with Gasteiger partial charge in [-0.2, -0.15) is 0 Å². The molecule has 0 aliphatic heterocycles. The summed E-state index contributed by atoms with van der Waals surface area (Å²) in [4.78, 5) is 74.6. The molecule has 4 N–H and O–H groups in total. The minimum absolute atomic E-state index is 0.107. The molecule has 220 valence electrons. The van der Waals surface area contributed by atoms with E-state index in [1.54, 1.807) is 51.1 Å². The highest BCUT2D eigenvalue weighted by Crippen LogP contribution is 2.09.